The minimum absolute atomic E-state index is 0.524. The average molecular weight is 140 g/mol. The Bertz CT molecular complexity index is 108. The Morgan fingerprint density at radius 3 is 2.60 bits per heavy atom. The number of nitrogens with one attached hydrogen (secondary N) is 2. The summed E-state index contributed by atoms with van der Waals surface area (Å²) < 4.78 is 0. The van der Waals surface area contributed by atoms with Gasteiger partial charge >= 0.3 is 0 Å². The summed E-state index contributed by atoms with van der Waals surface area (Å²) in [6, 6.07) is 0. The van der Waals surface area contributed by atoms with Crippen LogP contribution in [0.1, 0.15) is 25.7 Å². The zero-order valence-corrected chi connectivity index (χ0v) is 6.45. The molecule has 0 amide bonds. The fourth-order valence-corrected chi connectivity index (χ4v) is 1.94. The second kappa shape index (κ2) is 2.51. The Kier molecular flexibility index (Phi) is 1.66. The van der Waals surface area contributed by atoms with Gasteiger partial charge in [0.2, 0.25) is 0 Å². The van der Waals surface area contributed by atoms with E-state index in [1.807, 2.05) is 0 Å². The molecular weight excluding hydrogens is 124 g/mol. The molecular formula is C8H16N2. The number of hydrogen-bond acceptors (Lipinski definition) is 2. The lowest BCUT2D eigenvalue weighted by atomic mass is 9.88. The summed E-state index contributed by atoms with van der Waals surface area (Å²) in [5.41, 5.74) is 0.524. The van der Waals surface area contributed by atoms with Gasteiger partial charge in [-0.25, -0.2) is 0 Å². The van der Waals surface area contributed by atoms with Crippen molar-refractivity contribution in [1.29, 1.82) is 0 Å². The first-order valence-electron chi connectivity index (χ1n) is 4.37. The first-order valence-corrected chi connectivity index (χ1v) is 4.37. The molecule has 2 heteroatoms. The molecule has 2 rings (SSSR count). The smallest absolute Gasteiger partial charge is 0.0432 e. The van der Waals surface area contributed by atoms with Crippen molar-refractivity contribution >= 4 is 0 Å². The predicted molar refractivity (Wildman–Crippen MR) is 42.1 cm³/mol. The summed E-state index contributed by atoms with van der Waals surface area (Å²) in [6.45, 7) is 3.64. The van der Waals surface area contributed by atoms with E-state index in [2.05, 4.69) is 10.6 Å². The van der Waals surface area contributed by atoms with Crippen molar-refractivity contribution in [3.05, 3.63) is 0 Å². The molecule has 0 aromatic carbocycles. The summed E-state index contributed by atoms with van der Waals surface area (Å²) in [5, 5.41) is 6.97. The summed E-state index contributed by atoms with van der Waals surface area (Å²) in [7, 11) is 0. The maximum absolute atomic E-state index is 3.63. The lowest BCUT2D eigenvalue weighted by molar-refractivity contribution is 0.209. The lowest BCUT2D eigenvalue weighted by Gasteiger charge is -2.42. The lowest BCUT2D eigenvalue weighted by Crippen LogP contribution is -2.67. The fraction of sp³-hybridized carbons (Fsp3) is 1.00. The molecule has 2 aliphatic rings. The van der Waals surface area contributed by atoms with Gasteiger partial charge in [0.15, 0.2) is 0 Å². The van der Waals surface area contributed by atoms with Crippen LogP contribution in [0.3, 0.4) is 0 Å². The molecule has 0 radical (unpaired) electrons. The van der Waals surface area contributed by atoms with E-state index in [1.54, 1.807) is 0 Å². The van der Waals surface area contributed by atoms with Crippen LogP contribution in [0.4, 0.5) is 0 Å². The van der Waals surface area contributed by atoms with Gasteiger partial charge in [0, 0.05) is 18.6 Å². The molecule has 0 aliphatic carbocycles. The summed E-state index contributed by atoms with van der Waals surface area (Å²) in [6.07, 6.45) is 5.62. The van der Waals surface area contributed by atoms with Crippen LogP contribution in [0.15, 0.2) is 0 Å². The Morgan fingerprint density at radius 1 is 1.00 bits per heavy atom. The molecule has 2 aliphatic heterocycles. The van der Waals surface area contributed by atoms with Crippen LogP contribution in [0.5, 0.6) is 0 Å². The van der Waals surface area contributed by atoms with Gasteiger partial charge in [-0.3, -0.25) is 0 Å². The van der Waals surface area contributed by atoms with Crippen molar-refractivity contribution in [3.63, 3.8) is 0 Å². The van der Waals surface area contributed by atoms with E-state index in [-0.39, 0.29) is 0 Å². The highest BCUT2D eigenvalue weighted by Gasteiger charge is 2.36. The van der Waals surface area contributed by atoms with Gasteiger partial charge < -0.3 is 10.6 Å². The molecule has 10 heavy (non-hydrogen) atoms. The van der Waals surface area contributed by atoms with Crippen LogP contribution in [0.2, 0.25) is 0 Å². The molecule has 2 heterocycles. The van der Waals surface area contributed by atoms with E-state index in [4.69, 9.17) is 0 Å². The van der Waals surface area contributed by atoms with Gasteiger partial charge in [-0.2, -0.15) is 0 Å². The van der Waals surface area contributed by atoms with Crippen molar-refractivity contribution in [2.75, 3.05) is 19.6 Å². The number of hydrogen-bond donors (Lipinski definition) is 2. The first-order chi connectivity index (χ1) is 4.91. The average Bonchev–Trinajstić information content (AvgIpc) is 2.08. The van der Waals surface area contributed by atoms with Gasteiger partial charge in [0.25, 0.3) is 0 Å². The van der Waals surface area contributed by atoms with Crippen LogP contribution in [0, 0.1) is 0 Å². The van der Waals surface area contributed by atoms with Crippen molar-refractivity contribution in [3.8, 4) is 0 Å². The molecule has 0 aromatic rings. The van der Waals surface area contributed by atoms with Gasteiger partial charge in [-0.15, -0.1) is 0 Å². The highest BCUT2D eigenvalue weighted by Crippen LogP contribution is 2.22. The van der Waals surface area contributed by atoms with Crippen LogP contribution in [-0.4, -0.2) is 25.2 Å². The normalized spacial score (nSPS) is 31.2. The molecule has 0 aromatic heterocycles. The molecule has 0 bridgehead atoms. The molecule has 2 fully saturated rings. The van der Waals surface area contributed by atoms with Gasteiger partial charge in [-0.05, 0) is 19.4 Å². The van der Waals surface area contributed by atoms with Crippen LogP contribution in [-0.2, 0) is 0 Å². The van der Waals surface area contributed by atoms with Crippen molar-refractivity contribution in [2.24, 2.45) is 0 Å². The molecule has 2 saturated heterocycles. The predicted octanol–water partition coefficient (Wildman–Crippen LogP) is 0.492. The van der Waals surface area contributed by atoms with E-state index >= 15 is 0 Å². The monoisotopic (exact) mass is 140 g/mol. The highest BCUT2D eigenvalue weighted by atomic mass is 15.1. The van der Waals surface area contributed by atoms with Gasteiger partial charge in [0.05, 0.1) is 0 Å². The molecule has 58 valence electrons. The summed E-state index contributed by atoms with van der Waals surface area (Å²) >= 11 is 0. The van der Waals surface area contributed by atoms with Crippen molar-refractivity contribution in [1.82, 2.24) is 10.6 Å². The highest BCUT2D eigenvalue weighted by molar-refractivity contribution is 5.00. The van der Waals surface area contributed by atoms with Crippen LogP contribution in [0.25, 0.3) is 0 Å². The molecule has 1 spiro atoms. The summed E-state index contributed by atoms with van der Waals surface area (Å²) in [4.78, 5) is 0. The van der Waals surface area contributed by atoms with E-state index < -0.39 is 0 Å². The van der Waals surface area contributed by atoms with E-state index in [0.29, 0.717) is 5.54 Å². The van der Waals surface area contributed by atoms with E-state index in [9.17, 15) is 0 Å². The third-order valence-electron chi connectivity index (χ3n) is 2.76. The third-order valence-corrected chi connectivity index (χ3v) is 2.76. The van der Waals surface area contributed by atoms with Crippen LogP contribution < -0.4 is 10.6 Å². The van der Waals surface area contributed by atoms with Crippen molar-refractivity contribution < 1.29 is 0 Å². The van der Waals surface area contributed by atoms with Crippen molar-refractivity contribution in [2.45, 2.75) is 31.2 Å². The Balaban J connectivity index is 1.92. The van der Waals surface area contributed by atoms with Gasteiger partial charge in [0.1, 0.15) is 0 Å². The van der Waals surface area contributed by atoms with E-state index in [0.717, 1.165) is 0 Å². The first kappa shape index (κ1) is 6.62. The quantitative estimate of drug-likeness (QED) is 0.512. The Morgan fingerprint density at radius 2 is 1.90 bits per heavy atom. The van der Waals surface area contributed by atoms with Crippen LogP contribution >= 0.6 is 0 Å². The SMILES string of the molecule is C1CCNC2(CC1)CNC2. The Labute approximate surface area is 62.4 Å². The second-order valence-corrected chi connectivity index (χ2v) is 3.62. The second-order valence-electron chi connectivity index (χ2n) is 3.62. The maximum atomic E-state index is 3.63. The largest absolute Gasteiger partial charge is 0.313 e. The molecule has 0 atom stereocenters. The Hall–Kier alpha value is -0.0800. The standard InChI is InChI=1S/C8H16N2/c1-2-4-8(6-9-7-8)10-5-3-1/h9-10H,1-7H2. The van der Waals surface area contributed by atoms with Gasteiger partial charge in [-0.1, -0.05) is 12.8 Å². The molecule has 0 saturated carbocycles. The fourth-order valence-electron chi connectivity index (χ4n) is 1.94. The summed E-state index contributed by atoms with van der Waals surface area (Å²) in [5.74, 6) is 0. The topological polar surface area (TPSA) is 24.1 Å². The molecule has 2 N–H and O–H groups in total. The number of rotatable bonds is 0. The zero-order valence-electron chi connectivity index (χ0n) is 6.45. The van der Waals surface area contributed by atoms with E-state index in [1.165, 1.54) is 45.3 Å². The molecule has 2 nitrogen and oxygen atoms in total. The minimum Gasteiger partial charge on any atom is -0.313 e. The molecule has 0 unspecified atom stereocenters. The zero-order chi connectivity index (χ0) is 6.86. The third kappa shape index (κ3) is 1.06. The minimum atomic E-state index is 0.524. The maximum Gasteiger partial charge on any atom is 0.0432 e.